The molecule has 0 spiro atoms. The van der Waals surface area contributed by atoms with Crippen LogP contribution in [0.1, 0.15) is 39.3 Å². The highest BCUT2D eigenvalue weighted by molar-refractivity contribution is 8.23. The smallest absolute Gasteiger partial charge is 0.230 e. The summed E-state index contributed by atoms with van der Waals surface area (Å²) in [5.74, 6) is 2.06. The van der Waals surface area contributed by atoms with Crippen molar-refractivity contribution in [3.63, 3.8) is 0 Å². The van der Waals surface area contributed by atoms with Crippen LogP contribution >= 0.6 is 24.0 Å². The molecule has 1 atom stereocenters. The number of ether oxygens (including phenoxy) is 2. The molecule has 0 saturated heterocycles. The van der Waals surface area contributed by atoms with Gasteiger partial charge in [-0.15, -0.1) is 0 Å². The lowest BCUT2D eigenvalue weighted by molar-refractivity contribution is -0.119. The summed E-state index contributed by atoms with van der Waals surface area (Å²) in [6.07, 6.45) is 0. The molecule has 2 rings (SSSR count). The van der Waals surface area contributed by atoms with Crippen LogP contribution in [-0.2, 0) is 4.79 Å². The van der Waals surface area contributed by atoms with E-state index in [-0.39, 0.29) is 17.9 Å². The summed E-state index contributed by atoms with van der Waals surface area (Å²) in [4.78, 5) is 14.5. The summed E-state index contributed by atoms with van der Waals surface area (Å²) in [6, 6.07) is 5.79. The van der Waals surface area contributed by atoms with E-state index in [2.05, 4.69) is 37.9 Å². The van der Waals surface area contributed by atoms with Crippen molar-refractivity contribution in [1.29, 1.82) is 0 Å². The van der Waals surface area contributed by atoms with Gasteiger partial charge in [0, 0.05) is 13.1 Å². The van der Waals surface area contributed by atoms with Gasteiger partial charge in [-0.1, -0.05) is 43.9 Å². The Morgan fingerprint density at radius 2 is 1.88 bits per heavy atom. The maximum absolute atomic E-state index is 12.5. The van der Waals surface area contributed by atoms with E-state index in [4.69, 9.17) is 21.7 Å². The first kappa shape index (κ1) is 20.8. The Hall–Kier alpha value is -1.47. The third-order valence-corrected chi connectivity index (χ3v) is 5.78. The molecule has 5 nitrogen and oxygen atoms in total. The summed E-state index contributed by atoms with van der Waals surface area (Å²) in [7, 11) is 0. The summed E-state index contributed by atoms with van der Waals surface area (Å²) < 4.78 is 12.0. The van der Waals surface area contributed by atoms with Crippen molar-refractivity contribution in [3.8, 4) is 11.5 Å². The van der Waals surface area contributed by atoms with Gasteiger partial charge in [0.25, 0.3) is 0 Å². The molecule has 1 aromatic rings. The highest BCUT2D eigenvalue weighted by Gasteiger charge is 2.22. The maximum Gasteiger partial charge on any atom is 0.230 e. The van der Waals surface area contributed by atoms with Crippen LogP contribution in [0.3, 0.4) is 0 Å². The van der Waals surface area contributed by atoms with Gasteiger partial charge in [-0.3, -0.25) is 4.79 Å². The van der Waals surface area contributed by atoms with Crippen LogP contribution in [0.2, 0.25) is 0 Å². The molecule has 0 aromatic heterocycles. The van der Waals surface area contributed by atoms with Gasteiger partial charge in [0.05, 0.1) is 11.8 Å². The number of nitrogens with zero attached hydrogens (tertiary/aromatic N) is 1. The Labute approximate surface area is 165 Å². The lowest BCUT2D eigenvalue weighted by Crippen LogP contribution is -2.34. The molecular weight excluding hydrogens is 368 g/mol. The van der Waals surface area contributed by atoms with Crippen LogP contribution in [0.15, 0.2) is 18.2 Å². The molecule has 1 aromatic carbocycles. The van der Waals surface area contributed by atoms with E-state index in [1.807, 2.05) is 18.2 Å². The van der Waals surface area contributed by atoms with Crippen molar-refractivity contribution in [1.82, 2.24) is 10.2 Å². The number of hydrogen-bond acceptors (Lipinski definition) is 5. The van der Waals surface area contributed by atoms with Crippen molar-refractivity contribution in [2.45, 2.75) is 33.7 Å². The SMILES string of the molecule is CCN(CC)C(=S)SCC(=O)N[C@H](c1ccc2c(c1)OCCO2)C(C)C. The molecule has 0 saturated carbocycles. The van der Waals surface area contributed by atoms with Gasteiger partial charge in [0.15, 0.2) is 11.5 Å². The quantitative estimate of drug-likeness (QED) is 0.710. The van der Waals surface area contributed by atoms with Crippen LogP contribution in [0, 0.1) is 5.92 Å². The molecule has 1 amide bonds. The van der Waals surface area contributed by atoms with Crippen molar-refractivity contribution >= 4 is 34.2 Å². The van der Waals surface area contributed by atoms with Crippen molar-refractivity contribution < 1.29 is 14.3 Å². The normalized spacial score (nSPS) is 14.0. The molecule has 144 valence electrons. The summed E-state index contributed by atoms with van der Waals surface area (Å²) in [5, 5.41) is 3.14. The Kier molecular flexibility index (Phi) is 8.03. The number of fused-ring (bicyclic) bond motifs is 1. The highest BCUT2D eigenvalue weighted by atomic mass is 32.2. The largest absolute Gasteiger partial charge is 0.486 e. The minimum absolute atomic E-state index is 0.0157. The Morgan fingerprint density at radius 3 is 2.50 bits per heavy atom. The number of thioether (sulfide) groups is 1. The third-order valence-electron chi connectivity index (χ3n) is 4.26. The number of rotatable bonds is 7. The van der Waals surface area contributed by atoms with Crippen molar-refractivity contribution in [3.05, 3.63) is 23.8 Å². The van der Waals surface area contributed by atoms with E-state index >= 15 is 0 Å². The second kappa shape index (κ2) is 10.0. The van der Waals surface area contributed by atoms with E-state index in [9.17, 15) is 4.79 Å². The van der Waals surface area contributed by atoms with Crippen LogP contribution in [0.4, 0.5) is 0 Å². The first-order valence-electron chi connectivity index (χ1n) is 9.06. The fourth-order valence-corrected chi connectivity index (χ4v) is 4.02. The van der Waals surface area contributed by atoms with Gasteiger partial charge in [-0.05, 0) is 37.5 Å². The fourth-order valence-electron chi connectivity index (χ4n) is 2.80. The lowest BCUT2D eigenvalue weighted by atomic mass is 9.95. The van der Waals surface area contributed by atoms with Crippen molar-refractivity contribution in [2.24, 2.45) is 5.92 Å². The molecule has 1 N–H and O–H groups in total. The monoisotopic (exact) mass is 396 g/mol. The molecule has 0 fully saturated rings. The van der Waals surface area contributed by atoms with E-state index in [0.29, 0.717) is 19.0 Å². The van der Waals surface area contributed by atoms with Gasteiger partial charge in [0.2, 0.25) is 5.91 Å². The summed E-state index contributed by atoms with van der Waals surface area (Å²) in [6.45, 7) is 11.1. The summed E-state index contributed by atoms with van der Waals surface area (Å²) in [5.41, 5.74) is 1.02. The van der Waals surface area contributed by atoms with E-state index < -0.39 is 0 Å². The molecule has 26 heavy (non-hydrogen) atoms. The molecular formula is C19H28N2O3S2. The molecule has 1 aliphatic heterocycles. The van der Waals surface area contributed by atoms with Crippen LogP contribution in [0.25, 0.3) is 0 Å². The number of carbonyl (C=O) groups excluding carboxylic acids is 1. The van der Waals surface area contributed by atoms with Crippen LogP contribution in [0.5, 0.6) is 11.5 Å². The number of thiocarbonyl (C=S) groups is 1. The summed E-state index contributed by atoms with van der Waals surface area (Å²) >= 11 is 6.81. The third kappa shape index (κ3) is 5.51. The predicted molar refractivity (Wildman–Crippen MR) is 111 cm³/mol. The average Bonchev–Trinajstić information content (AvgIpc) is 2.64. The van der Waals surface area contributed by atoms with Gasteiger partial charge in [-0.2, -0.15) is 0 Å². The van der Waals surface area contributed by atoms with E-state index in [1.165, 1.54) is 11.8 Å². The van der Waals surface area contributed by atoms with E-state index in [1.54, 1.807) is 0 Å². The molecule has 0 radical (unpaired) electrons. The molecule has 1 heterocycles. The Balaban J connectivity index is 1.99. The number of nitrogens with one attached hydrogen (secondary N) is 1. The Bertz CT molecular complexity index is 633. The fraction of sp³-hybridized carbons (Fsp3) is 0.579. The average molecular weight is 397 g/mol. The molecule has 7 heteroatoms. The van der Waals surface area contributed by atoms with Gasteiger partial charge in [-0.25, -0.2) is 0 Å². The van der Waals surface area contributed by atoms with Crippen LogP contribution in [-0.4, -0.2) is 47.2 Å². The number of benzene rings is 1. The molecule has 0 unspecified atom stereocenters. The minimum atomic E-state index is -0.0825. The molecule has 1 aliphatic rings. The zero-order valence-corrected chi connectivity index (χ0v) is 17.5. The highest BCUT2D eigenvalue weighted by Crippen LogP contribution is 2.34. The first-order chi connectivity index (χ1) is 12.5. The van der Waals surface area contributed by atoms with Gasteiger partial charge >= 0.3 is 0 Å². The van der Waals surface area contributed by atoms with Gasteiger partial charge in [0.1, 0.15) is 17.5 Å². The zero-order chi connectivity index (χ0) is 19.1. The van der Waals surface area contributed by atoms with Crippen molar-refractivity contribution in [2.75, 3.05) is 32.1 Å². The second-order valence-corrected chi connectivity index (χ2v) is 8.03. The molecule has 0 aliphatic carbocycles. The Morgan fingerprint density at radius 1 is 1.23 bits per heavy atom. The zero-order valence-electron chi connectivity index (χ0n) is 15.9. The number of hydrogen-bond donors (Lipinski definition) is 1. The van der Waals surface area contributed by atoms with Crippen LogP contribution < -0.4 is 14.8 Å². The second-order valence-electron chi connectivity index (χ2n) is 6.42. The lowest BCUT2D eigenvalue weighted by Gasteiger charge is -2.26. The standard InChI is InChI=1S/C19H28N2O3S2/c1-5-21(6-2)19(25)26-12-17(22)20-18(13(3)4)14-7-8-15-16(11-14)24-10-9-23-15/h7-8,11,13,18H,5-6,9-10,12H2,1-4H3,(H,20,22)/t18-/m0/s1. The number of amides is 1. The number of carbonyl (C=O) groups is 1. The minimum Gasteiger partial charge on any atom is -0.486 e. The van der Waals surface area contributed by atoms with E-state index in [0.717, 1.165) is 34.5 Å². The molecule has 0 bridgehead atoms. The first-order valence-corrected chi connectivity index (χ1v) is 10.5. The topological polar surface area (TPSA) is 50.8 Å². The predicted octanol–water partition coefficient (Wildman–Crippen LogP) is 3.63. The maximum atomic E-state index is 12.5. The van der Waals surface area contributed by atoms with Gasteiger partial charge < -0.3 is 19.7 Å².